The Hall–Kier alpha value is -0.610. The van der Waals surface area contributed by atoms with E-state index in [1.54, 1.807) is 0 Å². The van der Waals surface area contributed by atoms with Gasteiger partial charge in [0.2, 0.25) is 0 Å². The lowest BCUT2D eigenvalue weighted by molar-refractivity contribution is -0.150. The zero-order valence-electron chi connectivity index (χ0n) is 12.1. The van der Waals surface area contributed by atoms with E-state index in [2.05, 4.69) is 25.7 Å². The molecule has 0 bridgehead atoms. The number of ether oxygens (including phenoxy) is 1. The number of carboxylic acids is 1. The lowest BCUT2D eigenvalue weighted by atomic mass is 9.86. The van der Waals surface area contributed by atoms with E-state index >= 15 is 0 Å². The molecule has 0 amide bonds. The summed E-state index contributed by atoms with van der Waals surface area (Å²) in [6.45, 7) is 11.0. The van der Waals surface area contributed by atoms with Crippen molar-refractivity contribution >= 4 is 5.97 Å². The smallest absolute Gasteiger partial charge is 0.332 e. The molecule has 0 saturated carbocycles. The molecule has 0 aromatic carbocycles. The molecule has 0 radical (unpaired) electrons. The highest BCUT2D eigenvalue weighted by Gasteiger charge is 2.29. The topological polar surface area (TPSA) is 49.8 Å². The molecule has 4 nitrogen and oxygen atoms in total. The number of carbonyl (C=O) groups is 1. The van der Waals surface area contributed by atoms with Gasteiger partial charge in [0.05, 0.1) is 0 Å². The molecule has 1 saturated heterocycles. The number of aliphatic carboxylic acids is 1. The van der Waals surface area contributed by atoms with Crippen LogP contribution in [-0.4, -0.2) is 47.8 Å². The SMILES string of the molecule is CCOC(CCN1CC(C)CC(C)C1C)C(=O)O. The van der Waals surface area contributed by atoms with Gasteiger partial charge in [0.25, 0.3) is 0 Å². The fraction of sp³-hybridized carbons (Fsp3) is 0.929. The molecule has 0 aliphatic carbocycles. The van der Waals surface area contributed by atoms with E-state index in [1.807, 2.05) is 6.92 Å². The second kappa shape index (κ2) is 7.10. The van der Waals surface area contributed by atoms with Crippen molar-refractivity contribution < 1.29 is 14.6 Å². The van der Waals surface area contributed by atoms with E-state index in [0.717, 1.165) is 13.1 Å². The van der Waals surface area contributed by atoms with E-state index < -0.39 is 12.1 Å². The summed E-state index contributed by atoms with van der Waals surface area (Å²) in [5.41, 5.74) is 0. The van der Waals surface area contributed by atoms with Gasteiger partial charge in [0.15, 0.2) is 6.10 Å². The number of nitrogens with zero attached hydrogens (tertiary/aromatic N) is 1. The highest BCUT2D eigenvalue weighted by atomic mass is 16.5. The van der Waals surface area contributed by atoms with Crippen LogP contribution in [0.15, 0.2) is 0 Å². The van der Waals surface area contributed by atoms with Crippen molar-refractivity contribution in [1.29, 1.82) is 0 Å². The first-order valence-corrected chi connectivity index (χ1v) is 7.04. The summed E-state index contributed by atoms with van der Waals surface area (Å²) >= 11 is 0. The zero-order chi connectivity index (χ0) is 13.7. The predicted molar refractivity (Wildman–Crippen MR) is 71.6 cm³/mol. The van der Waals surface area contributed by atoms with Gasteiger partial charge in [-0.2, -0.15) is 0 Å². The minimum absolute atomic E-state index is 0.458. The molecule has 1 rings (SSSR count). The molecule has 0 spiro atoms. The molecule has 1 fully saturated rings. The van der Waals surface area contributed by atoms with Gasteiger partial charge >= 0.3 is 5.97 Å². The Kier molecular flexibility index (Phi) is 6.09. The molecule has 4 atom stereocenters. The van der Waals surface area contributed by atoms with Crippen LogP contribution in [-0.2, 0) is 9.53 Å². The van der Waals surface area contributed by atoms with E-state index in [-0.39, 0.29) is 0 Å². The first-order valence-electron chi connectivity index (χ1n) is 7.04. The Bertz CT molecular complexity index is 270. The predicted octanol–water partition coefficient (Wildman–Crippen LogP) is 2.23. The van der Waals surface area contributed by atoms with Gasteiger partial charge < -0.3 is 14.7 Å². The molecule has 4 heteroatoms. The summed E-state index contributed by atoms with van der Waals surface area (Å²) < 4.78 is 5.26. The fourth-order valence-electron chi connectivity index (χ4n) is 2.89. The number of rotatable bonds is 6. The maximum Gasteiger partial charge on any atom is 0.332 e. The van der Waals surface area contributed by atoms with E-state index in [9.17, 15) is 4.79 Å². The van der Waals surface area contributed by atoms with Crippen molar-refractivity contribution in [3.8, 4) is 0 Å². The van der Waals surface area contributed by atoms with Gasteiger partial charge in [-0.1, -0.05) is 13.8 Å². The van der Waals surface area contributed by atoms with Gasteiger partial charge in [0.1, 0.15) is 0 Å². The molecule has 18 heavy (non-hydrogen) atoms. The summed E-state index contributed by atoms with van der Waals surface area (Å²) in [5.74, 6) is 0.540. The average molecular weight is 257 g/mol. The van der Waals surface area contributed by atoms with Crippen molar-refractivity contribution in [3.63, 3.8) is 0 Å². The second-order valence-electron chi connectivity index (χ2n) is 5.62. The minimum Gasteiger partial charge on any atom is -0.479 e. The molecule has 106 valence electrons. The molecule has 1 N–H and O–H groups in total. The van der Waals surface area contributed by atoms with Crippen molar-refractivity contribution in [2.75, 3.05) is 19.7 Å². The van der Waals surface area contributed by atoms with Crippen LogP contribution in [0.5, 0.6) is 0 Å². The van der Waals surface area contributed by atoms with Crippen LogP contribution >= 0.6 is 0 Å². The summed E-state index contributed by atoms with van der Waals surface area (Å²) in [4.78, 5) is 13.4. The number of hydrogen-bond acceptors (Lipinski definition) is 3. The summed E-state index contributed by atoms with van der Waals surface area (Å²) in [6, 6.07) is 0.539. The lowest BCUT2D eigenvalue weighted by Gasteiger charge is -2.41. The monoisotopic (exact) mass is 257 g/mol. The van der Waals surface area contributed by atoms with Gasteiger partial charge in [-0.25, -0.2) is 4.79 Å². The Morgan fingerprint density at radius 3 is 2.67 bits per heavy atom. The molecule has 0 aromatic heterocycles. The Labute approximate surface area is 110 Å². The first kappa shape index (κ1) is 15.4. The molecular formula is C14H27NO3. The Balaban J connectivity index is 2.47. The maximum atomic E-state index is 11.0. The molecule has 1 heterocycles. The van der Waals surface area contributed by atoms with Crippen LogP contribution in [0.3, 0.4) is 0 Å². The average Bonchev–Trinajstić information content (AvgIpc) is 2.29. The fourth-order valence-corrected chi connectivity index (χ4v) is 2.89. The van der Waals surface area contributed by atoms with Crippen molar-refractivity contribution in [3.05, 3.63) is 0 Å². The van der Waals surface area contributed by atoms with Crippen molar-refractivity contribution in [2.24, 2.45) is 11.8 Å². The highest BCUT2D eigenvalue weighted by molar-refractivity contribution is 5.72. The normalized spacial score (nSPS) is 31.2. The summed E-state index contributed by atoms with van der Waals surface area (Å²) in [5, 5.41) is 9.06. The molecular weight excluding hydrogens is 230 g/mol. The van der Waals surface area contributed by atoms with Crippen molar-refractivity contribution in [2.45, 2.75) is 52.7 Å². The zero-order valence-corrected chi connectivity index (χ0v) is 12.1. The van der Waals surface area contributed by atoms with Crippen LogP contribution in [0.4, 0.5) is 0 Å². The van der Waals surface area contributed by atoms with Crippen molar-refractivity contribution in [1.82, 2.24) is 4.90 Å². The third kappa shape index (κ3) is 4.25. The first-order chi connectivity index (χ1) is 8.45. The van der Waals surface area contributed by atoms with E-state index in [4.69, 9.17) is 9.84 Å². The second-order valence-corrected chi connectivity index (χ2v) is 5.62. The maximum absolute atomic E-state index is 11.0. The third-order valence-corrected chi connectivity index (χ3v) is 4.04. The highest BCUT2D eigenvalue weighted by Crippen LogP contribution is 2.27. The van der Waals surface area contributed by atoms with Crippen LogP contribution in [0.2, 0.25) is 0 Å². The van der Waals surface area contributed by atoms with E-state index in [0.29, 0.717) is 30.9 Å². The van der Waals surface area contributed by atoms with Gasteiger partial charge in [-0.05, 0) is 38.5 Å². The molecule has 1 aliphatic heterocycles. The largest absolute Gasteiger partial charge is 0.479 e. The summed E-state index contributed by atoms with van der Waals surface area (Å²) in [7, 11) is 0. The van der Waals surface area contributed by atoms with E-state index in [1.165, 1.54) is 6.42 Å². The lowest BCUT2D eigenvalue weighted by Crippen LogP contribution is -2.47. The van der Waals surface area contributed by atoms with Crippen LogP contribution in [0, 0.1) is 11.8 Å². The van der Waals surface area contributed by atoms with Gasteiger partial charge in [-0.3, -0.25) is 0 Å². The van der Waals surface area contributed by atoms with Crippen LogP contribution < -0.4 is 0 Å². The summed E-state index contributed by atoms with van der Waals surface area (Å²) in [6.07, 6.45) is 1.19. The minimum atomic E-state index is -0.845. The standard InChI is InChI=1S/C14H27NO3/c1-5-18-13(14(16)17)6-7-15-9-10(2)8-11(3)12(15)4/h10-13H,5-9H2,1-4H3,(H,16,17). The Morgan fingerprint density at radius 1 is 1.44 bits per heavy atom. The third-order valence-electron chi connectivity index (χ3n) is 4.04. The van der Waals surface area contributed by atoms with Gasteiger partial charge in [0, 0.05) is 25.7 Å². The molecule has 4 unspecified atom stereocenters. The number of hydrogen-bond donors (Lipinski definition) is 1. The number of likely N-dealkylation sites (tertiary alicyclic amines) is 1. The molecule has 1 aliphatic rings. The van der Waals surface area contributed by atoms with Crippen LogP contribution in [0.1, 0.15) is 40.5 Å². The Morgan fingerprint density at radius 2 is 2.11 bits per heavy atom. The quantitative estimate of drug-likeness (QED) is 0.793. The number of carboxylic acid groups (broad SMARTS) is 1. The van der Waals surface area contributed by atoms with Gasteiger partial charge in [-0.15, -0.1) is 0 Å². The number of piperidine rings is 1. The van der Waals surface area contributed by atoms with Crippen LogP contribution in [0.25, 0.3) is 0 Å². The molecule has 0 aromatic rings.